The van der Waals surface area contributed by atoms with Crippen LogP contribution >= 0.6 is 0 Å². The normalized spacial score (nSPS) is 11.3. The van der Waals surface area contributed by atoms with Crippen LogP contribution in [0.5, 0.6) is 5.75 Å². The Balaban J connectivity index is 3.18. The maximum absolute atomic E-state index is 5.68. The molecule has 4 heteroatoms. The Hall–Kier alpha value is -1.10. The zero-order valence-corrected chi connectivity index (χ0v) is 11.7. The standard InChI is InChI=1S/C14H22O4/c1-10(2)11-7-6-8-12(14(16-4)17-5)13(11)18-9-15-3/h6-8,10,14H,9H2,1-5H3. The lowest BCUT2D eigenvalue weighted by Gasteiger charge is -2.21. The monoisotopic (exact) mass is 254 g/mol. The van der Waals surface area contributed by atoms with Gasteiger partial charge in [0.2, 0.25) is 0 Å². The number of hydrogen-bond donors (Lipinski definition) is 0. The fourth-order valence-corrected chi connectivity index (χ4v) is 1.85. The van der Waals surface area contributed by atoms with Crippen LogP contribution in [0.3, 0.4) is 0 Å². The molecule has 0 amide bonds. The van der Waals surface area contributed by atoms with Gasteiger partial charge in [0.1, 0.15) is 5.75 Å². The lowest BCUT2D eigenvalue weighted by atomic mass is 9.99. The molecule has 102 valence electrons. The number of hydrogen-bond acceptors (Lipinski definition) is 4. The van der Waals surface area contributed by atoms with Crippen LogP contribution in [0, 0.1) is 0 Å². The number of para-hydroxylation sites is 1. The summed E-state index contributed by atoms with van der Waals surface area (Å²) in [6, 6.07) is 5.96. The second-order valence-electron chi connectivity index (χ2n) is 4.27. The molecule has 0 N–H and O–H groups in total. The minimum atomic E-state index is -0.435. The average molecular weight is 254 g/mol. The van der Waals surface area contributed by atoms with Gasteiger partial charge < -0.3 is 18.9 Å². The summed E-state index contributed by atoms with van der Waals surface area (Å²) in [4.78, 5) is 0. The first-order chi connectivity index (χ1) is 8.65. The average Bonchev–Trinajstić information content (AvgIpc) is 2.38. The van der Waals surface area contributed by atoms with Crippen molar-refractivity contribution in [1.29, 1.82) is 0 Å². The highest BCUT2D eigenvalue weighted by Crippen LogP contribution is 2.35. The fourth-order valence-electron chi connectivity index (χ4n) is 1.85. The largest absolute Gasteiger partial charge is 0.467 e. The zero-order chi connectivity index (χ0) is 13.5. The molecule has 1 aromatic rings. The van der Waals surface area contributed by atoms with Gasteiger partial charge >= 0.3 is 0 Å². The molecule has 4 nitrogen and oxygen atoms in total. The van der Waals surface area contributed by atoms with E-state index >= 15 is 0 Å². The van der Waals surface area contributed by atoms with Crippen molar-refractivity contribution >= 4 is 0 Å². The summed E-state index contributed by atoms with van der Waals surface area (Å²) in [6.07, 6.45) is -0.435. The van der Waals surface area contributed by atoms with Gasteiger partial charge in [0.15, 0.2) is 13.1 Å². The van der Waals surface area contributed by atoms with E-state index in [1.807, 2.05) is 18.2 Å². The van der Waals surface area contributed by atoms with E-state index in [1.165, 1.54) is 0 Å². The smallest absolute Gasteiger partial charge is 0.188 e. The zero-order valence-electron chi connectivity index (χ0n) is 11.7. The van der Waals surface area contributed by atoms with Gasteiger partial charge in [-0.25, -0.2) is 0 Å². The van der Waals surface area contributed by atoms with Gasteiger partial charge in [-0.05, 0) is 11.5 Å². The van der Waals surface area contributed by atoms with E-state index in [-0.39, 0.29) is 6.79 Å². The Morgan fingerprint density at radius 1 is 1.00 bits per heavy atom. The molecule has 0 heterocycles. The number of rotatable bonds is 7. The quantitative estimate of drug-likeness (QED) is 0.701. The molecule has 0 saturated carbocycles. The molecule has 0 spiro atoms. The van der Waals surface area contributed by atoms with Crippen molar-refractivity contribution in [2.24, 2.45) is 0 Å². The maximum atomic E-state index is 5.68. The third-order valence-electron chi connectivity index (χ3n) is 2.70. The van der Waals surface area contributed by atoms with Gasteiger partial charge in [0, 0.05) is 21.3 Å². The molecule has 1 rings (SSSR count). The number of methoxy groups -OCH3 is 3. The van der Waals surface area contributed by atoms with Crippen LogP contribution in [-0.4, -0.2) is 28.1 Å². The van der Waals surface area contributed by atoms with Crippen LogP contribution < -0.4 is 4.74 Å². The van der Waals surface area contributed by atoms with Gasteiger partial charge in [0.25, 0.3) is 0 Å². The van der Waals surface area contributed by atoms with Crippen molar-refractivity contribution in [3.8, 4) is 5.75 Å². The molecule has 18 heavy (non-hydrogen) atoms. The van der Waals surface area contributed by atoms with Crippen LogP contribution in [0.1, 0.15) is 37.2 Å². The summed E-state index contributed by atoms with van der Waals surface area (Å²) in [5, 5.41) is 0. The summed E-state index contributed by atoms with van der Waals surface area (Å²) in [6.45, 7) is 4.44. The van der Waals surface area contributed by atoms with Crippen molar-refractivity contribution in [3.05, 3.63) is 29.3 Å². The highest BCUT2D eigenvalue weighted by molar-refractivity contribution is 5.44. The van der Waals surface area contributed by atoms with Gasteiger partial charge in [-0.1, -0.05) is 32.0 Å². The number of ether oxygens (including phenoxy) is 4. The highest BCUT2D eigenvalue weighted by atomic mass is 16.7. The van der Waals surface area contributed by atoms with Gasteiger partial charge in [0.05, 0.1) is 5.56 Å². The predicted octanol–water partition coefficient (Wildman–Crippen LogP) is 3.08. The summed E-state index contributed by atoms with van der Waals surface area (Å²) in [7, 11) is 4.81. The Morgan fingerprint density at radius 3 is 2.11 bits per heavy atom. The van der Waals surface area contributed by atoms with Crippen LogP contribution in [0.2, 0.25) is 0 Å². The minimum absolute atomic E-state index is 0.205. The Kier molecular flexibility index (Phi) is 6.12. The third kappa shape index (κ3) is 3.45. The summed E-state index contributed by atoms with van der Waals surface area (Å²) < 4.78 is 21.3. The minimum Gasteiger partial charge on any atom is -0.467 e. The highest BCUT2D eigenvalue weighted by Gasteiger charge is 2.19. The Labute approximate surface area is 109 Å². The van der Waals surface area contributed by atoms with E-state index in [0.717, 1.165) is 16.9 Å². The van der Waals surface area contributed by atoms with Crippen molar-refractivity contribution in [2.75, 3.05) is 28.1 Å². The predicted molar refractivity (Wildman–Crippen MR) is 69.8 cm³/mol. The first-order valence-corrected chi connectivity index (χ1v) is 5.95. The van der Waals surface area contributed by atoms with E-state index in [1.54, 1.807) is 21.3 Å². The molecule has 0 aliphatic rings. The molecule has 1 aromatic carbocycles. The lowest BCUT2D eigenvalue weighted by molar-refractivity contribution is -0.108. The third-order valence-corrected chi connectivity index (χ3v) is 2.70. The van der Waals surface area contributed by atoms with E-state index in [0.29, 0.717) is 5.92 Å². The van der Waals surface area contributed by atoms with Gasteiger partial charge in [-0.3, -0.25) is 0 Å². The molecule has 0 unspecified atom stereocenters. The second-order valence-corrected chi connectivity index (χ2v) is 4.27. The SMILES string of the molecule is COCOc1c(C(C)C)cccc1C(OC)OC. The number of benzene rings is 1. The van der Waals surface area contributed by atoms with Crippen LogP contribution in [0.25, 0.3) is 0 Å². The molecule has 0 aromatic heterocycles. The van der Waals surface area contributed by atoms with E-state index in [9.17, 15) is 0 Å². The molecule has 0 fully saturated rings. The van der Waals surface area contributed by atoms with E-state index < -0.39 is 6.29 Å². The lowest BCUT2D eigenvalue weighted by Crippen LogP contribution is -2.10. The summed E-state index contributed by atoms with van der Waals surface area (Å²) >= 11 is 0. The topological polar surface area (TPSA) is 36.9 Å². The van der Waals surface area contributed by atoms with Crippen molar-refractivity contribution in [3.63, 3.8) is 0 Å². The second kappa shape index (κ2) is 7.36. The maximum Gasteiger partial charge on any atom is 0.188 e. The summed E-state index contributed by atoms with van der Waals surface area (Å²) in [5.41, 5.74) is 1.99. The molecular weight excluding hydrogens is 232 g/mol. The molecule has 0 aliphatic carbocycles. The Morgan fingerprint density at radius 2 is 1.61 bits per heavy atom. The van der Waals surface area contributed by atoms with Gasteiger partial charge in [-0.15, -0.1) is 0 Å². The van der Waals surface area contributed by atoms with Crippen molar-refractivity contribution < 1.29 is 18.9 Å². The molecular formula is C14H22O4. The van der Waals surface area contributed by atoms with E-state index in [4.69, 9.17) is 18.9 Å². The van der Waals surface area contributed by atoms with E-state index in [2.05, 4.69) is 13.8 Å². The fraction of sp³-hybridized carbons (Fsp3) is 0.571. The van der Waals surface area contributed by atoms with Crippen LogP contribution in [0.15, 0.2) is 18.2 Å². The van der Waals surface area contributed by atoms with Crippen LogP contribution in [-0.2, 0) is 14.2 Å². The van der Waals surface area contributed by atoms with Crippen molar-refractivity contribution in [1.82, 2.24) is 0 Å². The molecule has 0 radical (unpaired) electrons. The van der Waals surface area contributed by atoms with Gasteiger partial charge in [-0.2, -0.15) is 0 Å². The molecule has 0 atom stereocenters. The molecule has 0 aliphatic heterocycles. The molecule has 0 bridgehead atoms. The van der Waals surface area contributed by atoms with Crippen molar-refractivity contribution in [2.45, 2.75) is 26.1 Å². The Bertz CT molecular complexity index is 359. The summed E-state index contributed by atoms with van der Waals surface area (Å²) in [5.74, 6) is 1.13. The molecule has 0 saturated heterocycles. The van der Waals surface area contributed by atoms with Crippen LogP contribution in [0.4, 0.5) is 0 Å². The first-order valence-electron chi connectivity index (χ1n) is 5.95. The first kappa shape index (κ1) is 15.0.